The fraction of sp³-hybridized carbons (Fsp3) is 0.188. The van der Waals surface area contributed by atoms with Crippen molar-refractivity contribution < 1.29 is 9.90 Å². The van der Waals surface area contributed by atoms with Crippen LogP contribution in [0.2, 0.25) is 0 Å². The summed E-state index contributed by atoms with van der Waals surface area (Å²) in [6.45, 7) is 1.73. The molecule has 108 valence electrons. The molecule has 0 fully saturated rings. The van der Waals surface area contributed by atoms with E-state index in [2.05, 4.69) is 17.2 Å². The Morgan fingerprint density at radius 3 is 2.90 bits per heavy atom. The summed E-state index contributed by atoms with van der Waals surface area (Å²) < 4.78 is 0. The number of aliphatic hydroxyl groups is 1. The lowest BCUT2D eigenvalue weighted by Crippen LogP contribution is -2.10. The van der Waals surface area contributed by atoms with Crippen molar-refractivity contribution in [2.75, 3.05) is 18.2 Å². The molecular weight excluding hydrogens is 302 g/mol. The highest BCUT2D eigenvalue weighted by atomic mass is 32.2. The number of thioether (sulfide) groups is 1. The number of amides is 1. The number of anilines is 1. The largest absolute Gasteiger partial charge is 0.384 e. The molecule has 1 aromatic heterocycles. The summed E-state index contributed by atoms with van der Waals surface area (Å²) in [5.41, 5.74) is 1.76. The van der Waals surface area contributed by atoms with Crippen LogP contribution in [0.3, 0.4) is 0 Å². The average molecular weight is 317 g/mol. The van der Waals surface area contributed by atoms with Crippen molar-refractivity contribution in [1.82, 2.24) is 0 Å². The lowest BCUT2D eigenvalue weighted by atomic mass is 10.2. The van der Waals surface area contributed by atoms with Gasteiger partial charge in [0.25, 0.3) is 5.91 Å². The molecule has 0 aliphatic heterocycles. The molecule has 0 unspecified atom stereocenters. The molecule has 1 amide bonds. The van der Waals surface area contributed by atoms with E-state index in [-0.39, 0.29) is 12.5 Å². The molecule has 1 heterocycles. The monoisotopic (exact) mass is 317 g/mol. The van der Waals surface area contributed by atoms with Gasteiger partial charge in [0.1, 0.15) is 6.61 Å². The van der Waals surface area contributed by atoms with Gasteiger partial charge in [-0.3, -0.25) is 4.79 Å². The first-order valence-corrected chi connectivity index (χ1v) is 8.34. The quantitative estimate of drug-likeness (QED) is 0.674. The van der Waals surface area contributed by atoms with E-state index in [0.29, 0.717) is 4.88 Å². The number of hydrogen-bond acceptors (Lipinski definition) is 4. The predicted molar refractivity (Wildman–Crippen MR) is 89.2 cm³/mol. The number of carbonyl (C=O) groups is 1. The Morgan fingerprint density at radius 1 is 1.43 bits per heavy atom. The van der Waals surface area contributed by atoms with Gasteiger partial charge in [0.15, 0.2) is 0 Å². The van der Waals surface area contributed by atoms with E-state index in [1.54, 1.807) is 11.8 Å². The van der Waals surface area contributed by atoms with Crippen LogP contribution in [0.15, 0.2) is 35.2 Å². The highest BCUT2D eigenvalue weighted by Crippen LogP contribution is 2.27. The second-order valence-corrected chi connectivity index (χ2v) is 6.14. The van der Waals surface area contributed by atoms with Crippen molar-refractivity contribution in [2.24, 2.45) is 0 Å². The zero-order valence-corrected chi connectivity index (χ0v) is 13.4. The summed E-state index contributed by atoms with van der Waals surface area (Å²) in [5, 5.41) is 11.7. The smallest absolute Gasteiger partial charge is 0.265 e. The maximum Gasteiger partial charge on any atom is 0.265 e. The molecule has 0 aliphatic carbocycles. The van der Waals surface area contributed by atoms with E-state index in [0.717, 1.165) is 21.0 Å². The van der Waals surface area contributed by atoms with Gasteiger partial charge in [-0.15, -0.1) is 23.1 Å². The Kier molecular flexibility index (Phi) is 5.45. The number of hydrogen-bond donors (Lipinski definition) is 2. The number of aryl methyl sites for hydroxylation is 1. The molecule has 0 aliphatic rings. The minimum Gasteiger partial charge on any atom is -0.384 e. The molecule has 0 spiro atoms. The summed E-state index contributed by atoms with van der Waals surface area (Å²) in [6, 6.07) is 9.52. The third kappa shape index (κ3) is 3.88. The number of rotatable bonds is 3. The van der Waals surface area contributed by atoms with Crippen molar-refractivity contribution in [3.63, 3.8) is 0 Å². The van der Waals surface area contributed by atoms with Gasteiger partial charge < -0.3 is 10.4 Å². The number of thiophene rings is 1. The van der Waals surface area contributed by atoms with E-state index in [4.69, 9.17) is 5.11 Å². The van der Waals surface area contributed by atoms with Crippen LogP contribution in [0.1, 0.15) is 20.1 Å². The lowest BCUT2D eigenvalue weighted by Gasteiger charge is -2.07. The Balaban J connectivity index is 2.21. The summed E-state index contributed by atoms with van der Waals surface area (Å²) in [5.74, 6) is 5.33. The second kappa shape index (κ2) is 7.32. The first-order chi connectivity index (χ1) is 10.2. The van der Waals surface area contributed by atoms with Gasteiger partial charge in [-0.05, 0) is 36.9 Å². The molecule has 0 saturated carbocycles. The summed E-state index contributed by atoms with van der Waals surface area (Å²) in [7, 11) is 0. The lowest BCUT2D eigenvalue weighted by molar-refractivity contribution is 0.103. The fourth-order valence-corrected chi connectivity index (χ4v) is 3.27. The molecule has 0 atom stereocenters. The van der Waals surface area contributed by atoms with Crippen molar-refractivity contribution in [1.29, 1.82) is 0 Å². The van der Waals surface area contributed by atoms with Gasteiger partial charge in [-0.1, -0.05) is 24.0 Å². The van der Waals surface area contributed by atoms with Gasteiger partial charge in [-0.25, -0.2) is 0 Å². The maximum absolute atomic E-state index is 12.3. The van der Waals surface area contributed by atoms with Gasteiger partial charge in [-0.2, -0.15) is 0 Å². The zero-order chi connectivity index (χ0) is 15.2. The number of para-hydroxylation sites is 1. The SMILES string of the molecule is CSc1ccccc1NC(=O)c1cc(C)c(C#CCO)s1. The van der Waals surface area contributed by atoms with E-state index in [9.17, 15) is 4.79 Å². The number of aliphatic hydroxyl groups excluding tert-OH is 1. The predicted octanol–water partition coefficient (Wildman–Crippen LogP) is 3.37. The number of benzene rings is 1. The standard InChI is InChI=1S/C16H15NO2S2/c1-11-10-15(21-13(11)8-5-9-18)16(19)17-12-6-3-4-7-14(12)20-2/h3-4,6-7,10,18H,9H2,1-2H3,(H,17,19). The van der Waals surface area contributed by atoms with Gasteiger partial charge >= 0.3 is 0 Å². The van der Waals surface area contributed by atoms with E-state index in [1.807, 2.05) is 43.5 Å². The van der Waals surface area contributed by atoms with E-state index < -0.39 is 0 Å². The molecule has 5 heteroatoms. The Bertz CT molecular complexity index is 711. The Labute approximate surface area is 132 Å². The molecule has 2 N–H and O–H groups in total. The van der Waals surface area contributed by atoms with Gasteiger partial charge in [0.05, 0.1) is 15.4 Å². The van der Waals surface area contributed by atoms with Crippen molar-refractivity contribution in [2.45, 2.75) is 11.8 Å². The van der Waals surface area contributed by atoms with Crippen molar-refractivity contribution >= 4 is 34.7 Å². The third-order valence-corrected chi connectivity index (χ3v) is 4.72. The van der Waals surface area contributed by atoms with Crippen LogP contribution >= 0.6 is 23.1 Å². The second-order valence-electron chi connectivity index (χ2n) is 4.24. The fourth-order valence-electron chi connectivity index (χ4n) is 1.77. The Hall–Kier alpha value is -1.74. The minimum absolute atomic E-state index is 0.137. The normalized spacial score (nSPS) is 9.86. The number of nitrogens with one attached hydrogen (secondary N) is 1. The first-order valence-electron chi connectivity index (χ1n) is 6.30. The van der Waals surface area contributed by atoms with E-state index in [1.165, 1.54) is 11.3 Å². The molecule has 21 heavy (non-hydrogen) atoms. The van der Waals surface area contributed by atoms with Crippen molar-refractivity contribution in [3.8, 4) is 11.8 Å². The zero-order valence-electron chi connectivity index (χ0n) is 11.8. The van der Waals surface area contributed by atoms with Crippen molar-refractivity contribution in [3.05, 3.63) is 45.6 Å². The molecule has 0 bridgehead atoms. The molecule has 0 radical (unpaired) electrons. The summed E-state index contributed by atoms with van der Waals surface area (Å²) in [4.78, 5) is 14.8. The number of carbonyl (C=O) groups excluding carboxylic acids is 1. The Morgan fingerprint density at radius 2 is 2.19 bits per heavy atom. The molecule has 3 nitrogen and oxygen atoms in total. The molecule has 2 rings (SSSR count). The molecule has 0 saturated heterocycles. The summed E-state index contributed by atoms with van der Waals surface area (Å²) in [6.07, 6.45) is 1.98. The van der Waals surface area contributed by atoms with Crippen LogP contribution in [0.25, 0.3) is 0 Å². The van der Waals surface area contributed by atoms with Crippen LogP contribution in [0.4, 0.5) is 5.69 Å². The third-order valence-electron chi connectivity index (χ3n) is 2.78. The van der Waals surface area contributed by atoms with Crippen LogP contribution < -0.4 is 5.32 Å². The highest BCUT2D eigenvalue weighted by Gasteiger charge is 2.13. The summed E-state index contributed by atoms with van der Waals surface area (Å²) >= 11 is 2.93. The van der Waals surface area contributed by atoms with E-state index >= 15 is 0 Å². The first kappa shape index (κ1) is 15.6. The molecular formula is C16H15NO2S2. The van der Waals surface area contributed by atoms with Gasteiger partial charge in [0, 0.05) is 4.90 Å². The van der Waals surface area contributed by atoms with Crippen LogP contribution in [0, 0.1) is 18.8 Å². The topological polar surface area (TPSA) is 49.3 Å². The average Bonchev–Trinajstić information content (AvgIpc) is 2.87. The highest BCUT2D eigenvalue weighted by molar-refractivity contribution is 7.98. The molecule has 1 aromatic carbocycles. The molecule has 2 aromatic rings. The van der Waals surface area contributed by atoms with Gasteiger partial charge in [0.2, 0.25) is 0 Å². The minimum atomic E-state index is -0.181. The maximum atomic E-state index is 12.3. The van der Waals surface area contributed by atoms with Crippen LogP contribution in [-0.2, 0) is 0 Å². The van der Waals surface area contributed by atoms with Crippen LogP contribution in [0.5, 0.6) is 0 Å². The van der Waals surface area contributed by atoms with Crippen LogP contribution in [-0.4, -0.2) is 23.9 Å².